The van der Waals surface area contributed by atoms with Crippen molar-refractivity contribution in [2.45, 2.75) is 32.4 Å². The van der Waals surface area contributed by atoms with Crippen LogP contribution in [-0.4, -0.2) is 25.0 Å². The number of H-pyrrole nitrogens is 1. The van der Waals surface area contributed by atoms with Crippen LogP contribution < -0.4 is 0 Å². The van der Waals surface area contributed by atoms with E-state index in [1.54, 1.807) is 6.20 Å². The van der Waals surface area contributed by atoms with Gasteiger partial charge in [0.15, 0.2) is 0 Å². The zero-order chi connectivity index (χ0) is 13.3. The maximum atomic E-state index is 12.0. The van der Waals surface area contributed by atoms with Crippen molar-refractivity contribution in [1.82, 2.24) is 9.97 Å². The maximum Gasteiger partial charge on any atom is 0.144 e. The van der Waals surface area contributed by atoms with E-state index >= 15 is 0 Å². The summed E-state index contributed by atoms with van der Waals surface area (Å²) in [7, 11) is 0. The Labute approximate surface area is 110 Å². The first-order valence-corrected chi connectivity index (χ1v) is 6.89. The molecule has 0 aromatic carbocycles. The fourth-order valence-electron chi connectivity index (χ4n) is 1.45. The van der Waals surface area contributed by atoms with Crippen LogP contribution in [0.25, 0.3) is 11.0 Å². The van der Waals surface area contributed by atoms with E-state index in [0.717, 1.165) is 22.3 Å². The molecule has 2 aromatic rings. The van der Waals surface area contributed by atoms with Crippen LogP contribution in [0.3, 0.4) is 0 Å². The number of nitrogens with zero attached hydrogens (tertiary/aromatic N) is 2. The third-order valence-corrected chi connectivity index (χ3v) is 4.05. The predicted molar refractivity (Wildman–Crippen MR) is 76.2 cm³/mol. The lowest BCUT2D eigenvalue weighted by Crippen LogP contribution is -2.26. The van der Waals surface area contributed by atoms with E-state index in [1.165, 1.54) is 0 Å². The van der Waals surface area contributed by atoms with Crippen LogP contribution in [0, 0.1) is 0 Å². The van der Waals surface area contributed by atoms with Crippen molar-refractivity contribution < 1.29 is 4.55 Å². The van der Waals surface area contributed by atoms with Crippen molar-refractivity contribution in [1.29, 1.82) is 0 Å². The lowest BCUT2D eigenvalue weighted by atomic mass is 10.2. The van der Waals surface area contributed by atoms with Crippen LogP contribution in [-0.2, 0) is 11.4 Å². The Hall–Kier alpha value is -1.33. The molecule has 0 aliphatic carbocycles. The van der Waals surface area contributed by atoms with Crippen molar-refractivity contribution >= 4 is 28.1 Å². The molecule has 96 valence electrons. The number of hydrogen-bond acceptors (Lipinski definition) is 3. The maximum absolute atomic E-state index is 12.0. The molecule has 1 N–H and O–H groups in total. The molecule has 0 spiro atoms. The molecular weight excluding hydrogens is 246 g/mol. The molecule has 1 unspecified atom stereocenters. The van der Waals surface area contributed by atoms with Crippen LogP contribution in [0.15, 0.2) is 28.9 Å². The van der Waals surface area contributed by atoms with Gasteiger partial charge in [-0.1, -0.05) is 4.40 Å². The van der Waals surface area contributed by atoms with Gasteiger partial charge in [0.1, 0.15) is 21.8 Å². The highest BCUT2D eigenvalue weighted by Crippen LogP contribution is 2.19. The van der Waals surface area contributed by atoms with Crippen molar-refractivity contribution in [3.63, 3.8) is 0 Å². The van der Waals surface area contributed by atoms with E-state index in [-0.39, 0.29) is 4.75 Å². The van der Waals surface area contributed by atoms with E-state index in [0.29, 0.717) is 0 Å². The Balaban J connectivity index is 2.32. The van der Waals surface area contributed by atoms with Gasteiger partial charge in [0.25, 0.3) is 0 Å². The number of aromatic amines is 1. The van der Waals surface area contributed by atoms with Gasteiger partial charge in [-0.05, 0) is 39.8 Å². The van der Waals surface area contributed by atoms with Crippen LogP contribution in [0.1, 0.15) is 33.3 Å². The summed E-state index contributed by atoms with van der Waals surface area (Å²) < 4.78 is 15.9. The van der Waals surface area contributed by atoms with E-state index in [1.807, 2.05) is 46.0 Å². The van der Waals surface area contributed by atoms with E-state index < -0.39 is 11.4 Å². The van der Waals surface area contributed by atoms with Gasteiger partial charge in [-0.25, -0.2) is 4.98 Å². The van der Waals surface area contributed by atoms with E-state index in [9.17, 15) is 4.55 Å². The Morgan fingerprint density at radius 2 is 2.17 bits per heavy atom. The van der Waals surface area contributed by atoms with Gasteiger partial charge in [-0.3, -0.25) is 0 Å². The zero-order valence-electron chi connectivity index (χ0n) is 11.0. The van der Waals surface area contributed by atoms with Crippen molar-refractivity contribution in [3.05, 3.63) is 30.1 Å². The molecule has 0 saturated heterocycles. The van der Waals surface area contributed by atoms with Gasteiger partial charge in [-0.15, -0.1) is 0 Å². The highest BCUT2D eigenvalue weighted by Gasteiger charge is 2.26. The lowest BCUT2D eigenvalue weighted by Gasteiger charge is -2.18. The second kappa shape index (κ2) is 4.74. The number of fused-ring (bicyclic) bond motifs is 1. The summed E-state index contributed by atoms with van der Waals surface area (Å²) in [6.45, 7) is 7.59. The molecule has 0 aliphatic heterocycles. The minimum atomic E-state index is -1.24. The summed E-state index contributed by atoms with van der Waals surface area (Å²) >= 11 is -1.24. The molecule has 5 heteroatoms. The molecule has 2 aromatic heterocycles. The van der Waals surface area contributed by atoms with Crippen LogP contribution in [0.2, 0.25) is 0 Å². The van der Waals surface area contributed by atoms with E-state index in [2.05, 4.69) is 14.4 Å². The third-order valence-electron chi connectivity index (χ3n) is 2.56. The highest BCUT2D eigenvalue weighted by atomic mass is 32.2. The predicted octanol–water partition coefficient (Wildman–Crippen LogP) is 2.83. The second-order valence-electron chi connectivity index (χ2n) is 5.18. The van der Waals surface area contributed by atoms with E-state index in [4.69, 9.17) is 0 Å². The molecular formula is C13H17N3OS. The number of aromatic nitrogens is 2. The van der Waals surface area contributed by atoms with Crippen LogP contribution >= 0.6 is 0 Å². The molecule has 4 nitrogen and oxygen atoms in total. The molecule has 1 atom stereocenters. The first-order valence-electron chi connectivity index (χ1n) is 5.79. The first kappa shape index (κ1) is 13.1. The summed E-state index contributed by atoms with van der Waals surface area (Å²) in [5, 5.41) is 1.03. The van der Waals surface area contributed by atoms with Gasteiger partial charge in [0, 0.05) is 23.3 Å². The molecule has 0 bridgehead atoms. The summed E-state index contributed by atoms with van der Waals surface area (Å²) in [4.78, 5) is 7.34. The number of hydrogen-bond donors (Lipinski definition) is 1. The molecule has 2 rings (SSSR count). The monoisotopic (exact) mass is 263 g/mol. The van der Waals surface area contributed by atoms with Gasteiger partial charge >= 0.3 is 0 Å². The van der Waals surface area contributed by atoms with Crippen molar-refractivity contribution in [3.8, 4) is 0 Å². The second-order valence-corrected chi connectivity index (χ2v) is 7.08. The van der Waals surface area contributed by atoms with Crippen molar-refractivity contribution in [2.24, 2.45) is 4.40 Å². The molecule has 0 fully saturated rings. The van der Waals surface area contributed by atoms with Gasteiger partial charge in [-0.2, -0.15) is 0 Å². The lowest BCUT2D eigenvalue weighted by molar-refractivity contribution is 0.561. The highest BCUT2D eigenvalue weighted by molar-refractivity contribution is 7.91. The topological polar surface area (TPSA) is 64.1 Å². The Bertz CT molecular complexity index is 583. The largest absolute Gasteiger partial charge is 0.591 e. The fourth-order valence-corrected chi connectivity index (χ4v) is 2.08. The Kier molecular flexibility index (Phi) is 3.45. The average molecular weight is 263 g/mol. The van der Waals surface area contributed by atoms with Gasteiger partial charge in [0.2, 0.25) is 0 Å². The molecule has 0 radical (unpaired) electrons. The summed E-state index contributed by atoms with van der Waals surface area (Å²) in [5.41, 5.74) is 2.50. The zero-order valence-corrected chi connectivity index (χ0v) is 11.8. The number of rotatable bonds is 2. The first-order chi connectivity index (χ1) is 8.38. The normalized spacial score (nSPS) is 15.1. The van der Waals surface area contributed by atoms with Gasteiger partial charge < -0.3 is 9.54 Å². The smallest absolute Gasteiger partial charge is 0.144 e. The Morgan fingerprint density at radius 1 is 1.44 bits per heavy atom. The SMILES string of the molecule is CC(=N[S+]([O-])C(C)(C)C)c1cnc2[nH]ccc2c1. The molecule has 2 heterocycles. The molecule has 0 aliphatic rings. The average Bonchev–Trinajstić information content (AvgIpc) is 2.74. The summed E-state index contributed by atoms with van der Waals surface area (Å²) in [6, 6.07) is 3.96. The van der Waals surface area contributed by atoms with Crippen molar-refractivity contribution in [2.75, 3.05) is 0 Å². The quantitative estimate of drug-likeness (QED) is 0.669. The van der Waals surface area contributed by atoms with Gasteiger partial charge in [0.05, 0.1) is 5.71 Å². The minimum Gasteiger partial charge on any atom is -0.591 e. The third kappa shape index (κ3) is 2.73. The van der Waals surface area contributed by atoms with Crippen LogP contribution in [0.4, 0.5) is 0 Å². The standard InChI is InChI=1S/C13H17N3OS/c1-9(16-18(17)13(2,3)4)11-7-10-5-6-14-12(10)15-8-11/h5-8H,1-4H3,(H,14,15). The number of pyridine rings is 1. The summed E-state index contributed by atoms with van der Waals surface area (Å²) in [6.07, 6.45) is 3.60. The van der Waals surface area contributed by atoms with Crippen LogP contribution in [0.5, 0.6) is 0 Å². The molecule has 18 heavy (non-hydrogen) atoms. The fraction of sp³-hybridized carbons (Fsp3) is 0.385. The molecule has 0 saturated carbocycles. The number of nitrogens with one attached hydrogen (secondary N) is 1. The minimum absolute atomic E-state index is 0.340. The Morgan fingerprint density at radius 3 is 2.83 bits per heavy atom. The summed E-state index contributed by atoms with van der Waals surface area (Å²) in [5.74, 6) is 0. The molecule has 0 amide bonds.